The molecular weight excluding hydrogens is 416 g/mol. The van der Waals surface area contributed by atoms with E-state index in [9.17, 15) is 19.7 Å². The van der Waals surface area contributed by atoms with Gasteiger partial charge in [0.2, 0.25) is 0 Å². The zero-order chi connectivity index (χ0) is 22.7. The smallest absolute Gasteiger partial charge is 0.357 e. The van der Waals surface area contributed by atoms with Gasteiger partial charge in [-0.2, -0.15) is 5.10 Å². The van der Waals surface area contributed by atoms with Crippen molar-refractivity contribution in [2.45, 2.75) is 18.8 Å². The Hall–Kier alpha value is -4.21. The molecule has 10 heteroatoms. The lowest BCUT2D eigenvalue weighted by Crippen LogP contribution is -2.22. The van der Waals surface area contributed by atoms with E-state index in [-0.39, 0.29) is 22.8 Å². The number of rotatable bonds is 8. The van der Waals surface area contributed by atoms with E-state index in [1.807, 2.05) is 30.3 Å². The zero-order valence-electron chi connectivity index (χ0n) is 17.2. The number of para-hydroxylation sites is 1. The number of hydrogen-bond acceptors (Lipinski definition) is 7. The van der Waals surface area contributed by atoms with Crippen molar-refractivity contribution in [3.8, 4) is 11.4 Å². The van der Waals surface area contributed by atoms with Crippen LogP contribution in [0.1, 0.15) is 34.9 Å². The number of ether oxygens (including phenoxy) is 2. The summed E-state index contributed by atoms with van der Waals surface area (Å²) < 4.78 is 11.6. The van der Waals surface area contributed by atoms with Crippen molar-refractivity contribution in [2.75, 3.05) is 19.0 Å². The summed E-state index contributed by atoms with van der Waals surface area (Å²) in [6.07, 6.45) is 2.03. The number of esters is 1. The van der Waals surface area contributed by atoms with Gasteiger partial charge in [-0.05, 0) is 43.2 Å². The minimum absolute atomic E-state index is 0.0257. The normalized spacial score (nSPS) is 12.8. The van der Waals surface area contributed by atoms with E-state index in [0.717, 1.165) is 18.5 Å². The Labute approximate surface area is 182 Å². The van der Waals surface area contributed by atoms with Gasteiger partial charge in [0.1, 0.15) is 11.4 Å². The summed E-state index contributed by atoms with van der Waals surface area (Å²) in [6.45, 7) is -0.610. The van der Waals surface area contributed by atoms with Crippen molar-refractivity contribution in [2.24, 2.45) is 0 Å². The van der Waals surface area contributed by atoms with Crippen LogP contribution in [0.25, 0.3) is 5.69 Å². The second-order valence-corrected chi connectivity index (χ2v) is 7.24. The second kappa shape index (κ2) is 8.88. The predicted octanol–water partition coefficient (Wildman–Crippen LogP) is 3.46. The van der Waals surface area contributed by atoms with Gasteiger partial charge >= 0.3 is 5.97 Å². The molecule has 10 nitrogen and oxygen atoms in total. The van der Waals surface area contributed by atoms with Crippen molar-refractivity contribution in [3.05, 3.63) is 76.1 Å². The molecule has 0 unspecified atom stereocenters. The number of benzene rings is 2. The summed E-state index contributed by atoms with van der Waals surface area (Å²) in [5, 5.41) is 18.2. The number of hydrogen-bond donors (Lipinski definition) is 1. The molecule has 0 spiro atoms. The van der Waals surface area contributed by atoms with Crippen LogP contribution in [-0.2, 0) is 9.53 Å². The predicted molar refractivity (Wildman–Crippen MR) is 114 cm³/mol. The minimum atomic E-state index is -0.715. The summed E-state index contributed by atoms with van der Waals surface area (Å²) in [6, 6.07) is 14.9. The minimum Gasteiger partial charge on any atom is -0.496 e. The standard InChI is InChI=1S/C22H20N4O6/c1-31-16-9-10-17(19(11-16)26(29)30)23-21(27)13-32-22(28)20-12-18(14-7-8-14)24-25(20)15-5-3-2-4-6-15/h2-6,9-12,14H,7-8,13H2,1H3,(H,23,27). The first-order valence-corrected chi connectivity index (χ1v) is 9.91. The lowest BCUT2D eigenvalue weighted by atomic mass is 10.2. The summed E-state index contributed by atoms with van der Waals surface area (Å²) in [5.41, 5.74) is 1.35. The summed E-state index contributed by atoms with van der Waals surface area (Å²) in [7, 11) is 1.38. The van der Waals surface area contributed by atoms with E-state index in [4.69, 9.17) is 9.47 Å². The molecule has 0 atom stereocenters. The highest BCUT2D eigenvalue weighted by Crippen LogP contribution is 2.39. The Kier molecular flexibility index (Phi) is 5.84. The number of nitro groups is 1. The summed E-state index contributed by atoms with van der Waals surface area (Å²) in [5.74, 6) is -0.820. The molecule has 1 amide bonds. The average molecular weight is 436 g/mol. The zero-order valence-corrected chi connectivity index (χ0v) is 17.2. The first-order chi connectivity index (χ1) is 15.5. The second-order valence-electron chi connectivity index (χ2n) is 7.24. The molecule has 0 aliphatic heterocycles. The maximum Gasteiger partial charge on any atom is 0.357 e. The van der Waals surface area contributed by atoms with Crippen LogP contribution >= 0.6 is 0 Å². The van der Waals surface area contributed by atoms with Crippen molar-refractivity contribution in [3.63, 3.8) is 0 Å². The quantitative estimate of drug-likeness (QED) is 0.326. The molecule has 3 aromatic rings. The number of methoxy groups -OCH3 is 1. The maximum absolute atomic E-state index is 12.7. The van der Waals surface area contributed by atoms with Crippen molar-refractivity contribution >= 4 is 23.3 Å². The van der Waals surface area contributed by atoms with Gasteiger partial charge in [-0.25, -0.2) is 9.48 Å². The fourth-order valence-corrected chi connectivity index (χ4v) is 3.18. The van der Waals surface area contributed by atoms with Gasteiger partial charge in [-0.1, -0.05) is 18.2 Å². The van der Waals surface area contributed by atoms with Gasteiger partial charge in [-0.15, -0.1) is 0 Å². The van der Waals surface area contributed by atoms with Crippen molar-refractivity contribution in [1.29, 1.82) is 0 Å². The number of amides is 1. The molecule has 1 saturated carbocycles. The van der Waals surface area contributed by atoms with E-state index in [0.29, 0.717) is 11.6 Å². The van der Waals surface area contributed by atoms with E-state index < -0.39 is 23.4 Å². The molecule has 1 fully saturated rings. The molecule has 4 rings (SSSR count). The molecule has 164 valence electrons. The molecule has 1 heterocycles. The third kappa shape index (κ3) is 4.59. The summed E-state index contributed by atoms with van der Waals surface area (Å²) in [4.78, 5) is 35.6. The van der Waals surface area contributed by atoms with Gasteiger partial charge in [0.25, 0.3) is 11.6 Å². The van der Waals surface area contributed by atoms with Gasteiger partial charge in [0.05, 0.1) is 29.5 Å². The van der Waals surface area contributed by atoms with Crippen LogP contribution in [0.15, 0.2) is 54.6 Å². The monoisotopic (exact) mass is 436 g/mol. The third-order valence-corrected chi connectivity index (χ3v) is 4.94. The number of nitrogens with one attached hydrogen (secondary N) is 1. The number of nitrogens with zero attached hydrogens (tertiary/aromatic N) is 3. The first kappa shape index (κ1) is 21.0. The van der Waals surface area contributed by atoms with E-state index in [1.165, 1.54) is 30.0 Å². The van der Waals surface area contributed by atoms with Gasteiger partial charge in [0, 0.05) is 5.92 Å². The van der Waals surface area contributed by atoms with Crippen LogP contribution in [0.2, 0.25) is 0 Å². The largest absolute Gasteiger partial charge is 0.496 e. The topological polar surface area (TPSA) is 126 Å². The van der Waals surface area contributed by atoms with Gasteiger partial charge < -0.3 is 14.8 Å². The van der Waals surface area contributed by atoms with Crippen LogP contribution in [0, 0.1) is 10.1 Å². The Balaban J connectivity index is 1.46. The first-order valence-electron chi connectivity index (χ1n) is 9.91. The number of carbonyl (C=O) groups is 2. The number of aromatic nitrogens is 2. The molecule has 1 aliphatic rings. The van der Waals surface area contributed by atoms with Gasteiger partial charge in [0.15, 0.2) is 12.3 Å². The average Bonchev–Trinajstić information content (AvgIpc) is 3.56. The molecular formula is C22H20N4O6. The molecule has 32 heavy (non-hydrogen) atoms. The highest BCUT2D eigenvalue weighted by atomic mass is 16.6. The number of nitro benzene ring substituents is 1. The summed E-state index contributed by atoms with van der Waals surface area (Å²) >= 11 is 0. The van der Waals surface area contributed by atoms with Crippen LogP contribution in [0.3, 0.4) is 0 Å². The Morgan fingerprint density at radius 2 is 1.94 bits per heavy atom. The highest BCUT2D eigenvalue weighted by Gasteiger charge is 2.29. The van der Waals surface area contributed by atoms with Crippen LogP contribution in [0.4, 0.5) is 11.4 Å². The molecule has 1 aliphatic carbocycles. The molecule has 0 bridgehead atoms. The number of anilines is 1. The Bertz CT molecular complexity index is 1170. The molecule has 1 aromatic heterocycles. The van der Waals surface area contributed by atoms with Gasteiger partial charge in [-0.3, -0.25) is 14.9 Å². The Morgan fingerprint density at radius 3 is 2.59 bits per heavy atom. The molecule has 2 aromatic carbocycles. The lowest BCUT2D eigenvalue weighted by Gasteiger charge is -2.09. The number of carbonyl (C=O) groups excluding carboxylic acids is 2. The van der Waals surface area contributed by atoms with Crippen molar-refractivity contribution < 1.29 is 24.0 Å². The van der Waals surface area contributed by atoms with E-state index in [1.54, 1.807) is 6.07 Å². The van der Waals surface area contributed by atoms with Crippen LogP contribution < -0.4 is 10.1 Å². The molecule has 0 saturated heterocycles. The maximum atomic E-state index is 12.7. The van der Waals surface area contributed by atoms with E-state index in [2.05, 4.69) is 10.4 Å². The van der Waals surface area contributed by atoms with Crippen molar-refractivity contribution in [1.82, 2.24) is 9.78 Å². The van der Waals surface area contributed by atoms with E-state index >= 15 is 0 Å². The Morgan fingerprint density at radius 1 is 1.19 bits per heavy atom. The third-order valence-electron chi connectivity index (χ3n) is 4.94. The SMILES string of the molecule is COc1ccc(NC(=O)COC(=O)c2cc(C3CC3)nn2-c2ccccc2)c([N+](=O)[O-])c1. The highest BCUT2D eigenvalue weighted by molar-refractivity contribution is 5.96. The fraction of sp³-hybridized carbons (Fsp3) is 0.227. The van der Waals surface area contributed by atoms with Crippen LogP contribution in [-0.4, -0.2) is 40.3 Å². The fourth-order valence-electron chi connectivity index (χ4n) is 3.18. The van der Waals surface area contributed by atoms with Crippen LogP contribution in [0.5, 0.6) is 5.75 Å². The molecule has 1 N–H and O–H groups in total. The molecule has 0 radical (unpaired) electrons. The lowest BCUT2D eigenvalue weighted by molar-refractivity contribution is -0.384.